The predicted molar refractivity (Wildman–Crippen MR) is 96.7 cm³/mol. The van der Waals surface area contributed by atoms with Crippen molar-refractivity contribution in [2.24, 2.45) is 11.5 Å². The molecule has 0 rings (SSSR count). The summed E-state index contributed by atoms with van der Waals surface area (Å²) in [5.74, 6) is -0.361. The molecule has 0 aliphatic rings. The van der Waals surface area contributed by atoms with Gasteiger partial charge in [0, 0.05) is 52.2 Å². The molecule has 0 radical (unpaired) electrons. The highest BCUT2D eigenvalue weighted by Gasteiger charge is 2.13. The zero-order valence-corrected chi connectivity index (χ0v) is 15.3. The Labute approximate surface area is 149 Å². The van der Waals surface area contributed by atoms with Gasteiger partial charge < -0.3 is 32.3 Å². The Morgan fingerprint density at radius 3 is 1.84 bits per heavy atom. The quantitative estimate of drug-likeness (QED) is 0.216. The number of carbonyl (C=O) groups excluding carboxylic acids is 3. The lowest BCUT2D eigenvalue weighted by atomic mass is 10.3. The Balaban J connectivity index is 4.33. The fourth-order valence-electron chi connectivity index (χ4n) is 2.00. The van der Waals surface area contributed by atoms with E-state index in [0.29, 0.717) is 52.4 Å². The van der Waals surface area contributed by atoms with Gasteiger partial charge >= 0.3 is 0 Å². The minimum atomic E-state index is -0.160. The van der Waals surface area contributed by atoms with Crippen LogP contribution in [-0.2, 0) is 14.4 Å². The van der Waals surface area contributed by atoms with E-state index in [9.17, 15) is 14.4 Å². The molecule has 0 unspecified atom stereocenters. The van der Waals surface area contributed by atoms with E-state index in [4.69, 9.17) is 11.5 Å². The number of nitrogens with zero attached hydrogens (tertiary/aromatic N) is 2. The van der Waals surface area contributed by atoms with E-state index in [-0.39, 0.29) is 30.7 Å². The molecule has 10 nitrogen and oxygen atoms in total. The number of nitrogens with one attached hydrogen (secondary N) is 3. The average molecular weight is 359 g/mol. The third-order valence-corrected chi connectivity index (χ3v) is 3.17. The summed E-state index contributed by atoms with van der Waals surface area (Å²) in [6.07, 6.45) is 0.260. The van der Waals surface area contributed by atoms with E-state index < -0.39 is 0 Å². The summed E-state index contributed by atoms with van der Waals surface area (Å²) >= 11 is 0. The van der Waals surface area contributed by atoms with Crippen LogP contribution < -0.4 is 27.4 Å². The molecule has 0 atom stereocenters. The van der Waals surface area contributed by atoms with Gasteiger partial charge in [0.25, 0.3) is 0 Å². The van der Waals surface area contributed by atoms with E-state index in [1.165, 1.54) is 0 Å². The first-order valence-electron chi connectivity index (χ1n) is 8.46. The molecular formula is C15H33N7O3. The molecule has 10 heteroatoms. The van der Waals surface area contributed by atoms with Crippen LogP contribution in [0.2, 0.25) is 0 Å². The molecule has 0 aromatic rings. The van der Waals surface area contributed by atoms with Crippen LogP contribution in [0.25, 0.3) is 0 Å². The van der Waals surface area contributed by atoms with Crippen LogP contribution in [0.5, 0.6) is 0 Å². The van der Waals surface area contributed by atoms with Crippen molar-refractivity contribution in [3.8, 4) is 0 Å². The van der Waals surface area contributed by atoms with Gasteiger partial charge in [-0.2, -0.15) is 0 Å². The molecule has 0 aromatic carbocycles. The van der Waals surface area contributed by atoms with Gasteiger partial charge in [-0.3, -0.25) is 19.3 Å². The zero-order valence-electron chi connectivity index (χ0n) is 15.3. The lowest BCUT2D eigenvalue weighted by Crippen LogP contribution is -2.44. The molecular weight excluding hydrogens is 326 g/mol. The Morgan fingerprint density at radius 1 is 0.760 bits per heavy atom. The molecule has 7 N–H and O–H groups in total. The van der Waals surface area contributed by atoms with Crippen molar-refractivity contribution in [2.75, 3.05) is 73.0 Å². The third-order valence-electron chi connectivity index (χ3n) is 3.17. The van der Waals surface area contributed by atoms with Crippen LogP contribution in [0, 0.1) is 0 Å². The molecule has 3 amide bonds. The Morgan fingerprint density at radius 2 is 1.28 bits per heavy atom. The highest BCUT2D eigenvalue weighted by molar-refractivity contribution is 5.79. The van der Waals surface area contributed by atoms with Crippen LogP contribution in [0.4, 0.5) is 0 Å². The summed E-state index contributed by atoms with van der Waals surface area (Å²) in [5.41, 5.74) is 10.7. The minimum Gasteiger partial charge on any atom is -0.355 e. The third kappa shape index (κ3) is 14.3. The number of hydrogen-bond donors (Lipinski definition) is 5. The summed E-state index contributed by atoms with van der Waals surface area (Å²) < 4.78 is 0. The summed E-state index contributed by atoms with van der Waals surface area (Å²) in [5, 5.41) is 8.17. The van der Waals surface area contributed by atoms with E-state index in [1.807, 2.05) is 19.0 Å². The van der Waals surface area contributed by atoms with Crippen LogP contribution >= 0.6 is 0 Å². The summed E-state index contributed by atoms with van der Waals surface area (Å²) in [4.78, 5) is 38.8. The average Bonchev–Trinajstić information content (AvgIpc) is 2.54. The first-order valence-corrected chi connectivity index (χ1v) is 8.46. The topological polar surface area (TPSA) is 146 Å². The Bertz CT molecular complexity index is 405. The van der Waals surface area contributed by atoms with Gasteiger partial charge in [-0.1, -0.05) is 0 Å². The lowest BCUT2D eigenvalue weighted by Gasteiger charge is -2.22. The first kappa shape index (κ1) is 23.2. The fraction of sp³-hybridized carbons (Fsp3) is 0.800. The zero-order chi connectivity index (χ0) is 19.1. The normalized spacial score (nSPS) is 10.8. The molecule has 0 fully saturated rings. The number of likely N-dealkylation sites (N-methyl/N-ethyl adjacent to an activating group) is 1. The molecule has 0 aromatic heterocycles. The highest BCUT2D eigenvalue weighted by atomic mass is 16.2. The smallest absolute Gasteiger partial charge is 0.234 e. The van der Waals surface area contributed by atoms with E-state index in [1.54, 1.807) is 4.90 Å². The number of hydrogen-bond acceptors (Lipinski definition) is 7. The maximum Gasteiger partial charge on any atom is 0.234 e. The van der Waals surface area contributed by atoms with E-state index in [2.05, 4.69) is 16.0 Å². The number of rotatable bonds is 14. The van der Waals surface area contributed by atoms with Crippen molar-refractivity contribution < 1.29 is 14.4 Å². The van der Waals surface area contributed by atoms with Crippen molar-refractivity contribution in [1.29, 1.82) is 0 Å². The fourth-order valence-corrected chi connectivity index (χ4v) is 2.00. The second-order valence-corrected chi connectivity index (χ2v) is 5.89. The second-order valence-electron chi connectivity index (χ2n) is 5.89. The van der Waals surface area contributed by atoms with Gasteiger partial charge in [-0.05, 0) is 14.1 Å². The van der Waals surface area contributed by atoms with Crippen molar-refractivity contribution in [2.45, 2.75) is 6.42 Å². The van der Waals surface area contributed by atoms with Gasteiger partial charge in [0.1, 0.15) is 0 Å². The summed E-state index contributed by atoms with van der Waals surface area (Å²) in [6, 6.07) is 0. The van der Waals surface area contributed by atoms with E-state index in [0.717, 1.165) is 0 Å². The Kier molecular flexibility index (Phi) is 13.6. The number of nitrogens with two attached hydrogens (primary N) is 2. The van der Waals surface area contributed by atoms with Crippen LogP contribution in [0.1, 0.15) is 6.42 Å². The summed E-state index contributed by atoms with van der Waals surface area (Å²) in [7, 11) is 3.63. The SMILES string of the molecule is CN(C)CC(=O)NCCN(CCC(=O)NCCN)CC(=O)NCCN. The monoisotopic (exact) mass is 359 g/mol. The Hall–Kier alpha value is -1.75. The molecule has 146 valence electrons. The maximum absolute atomic E-state index is 11.9. The summed E-state index contributed by atoms with van der Waals surface area (Å²) in [6.45, 7) is 3.32. The van der Waals surface area contributed by atoms with Gasteiger partial charge in [0.2, 0.25) is 17.7 Å². The van der Waals surface area contributed by atoms with Gasteiger partial charge in [0.05, 0.1) is 13.1 Å². The van der Waals surface area contributed by atoms with Crippen LogP contribution in [0.3, 0.4) is 0 Å². The molecule has 0 heterocycles. The van der Waals surface area contributed by atoms with Gasteiger partial charge in [-0.25, -0.2) is 0 Å². The molecule has 0 saturated heterocycles. The maximum atomic E-state index is 11.9. The largest absolute Gasteiger partial charge is 0.355 e. The van der Waals surface area contributed by atoms with Gasteiger partial charge in [-0.15, -0.1) is 0 Å². The molecule has 0 bridgehead atoms. The lowest BCUT2D eigenvalue weighted by molar-refractivity contribution is -0.124. The van der Waals surface area contributed by atoms with Gasteiger partial charge in [0.15, 0.2) is 0 Å². The van der Waals surface area contributed by atoms with Crippen molar-refractivity contribution >= 4 is 17.7 Å². The molecule has 0 saturated carbocycles. The van der Waals surface area contributed by atoms with Crippen molar-refractivity contribution in [3.63, 3.8) is 0 Å². The van der Waals surface area contributed by atoms with Crippen molar-refractivity contribution in [3.05, 3.63) is 0 Å². The standard InChI is InChI=1S/C15H33N7O3/c1-21(2)11-14(24)20-8-10-22(12-15(25)19-7-5-17)9-3-13(23)18-6-4-16/h3-12,16-17H2,1-2H3,(H,18,23)(H,19,25)(H,20,24). The minimum absolute atomic E-state index is 0.0850. The number of carbonyl (C=O) groups is 3. The number of amides is 3. The predicted octanol–water partition coefficient (Wildman–Crippen LogP) is -3.49. The second kappa shape index (κ2) is 14.6. The molecule has 0 spiro atoms. The molecule has 25 heavy (non-hydrogen) atoms. The first-order chi connectivity index (χ1) is 11.9. The highest BCUT2D eigenvalue weighted by Crippen LogP contribution is 1.92. The van der Waals surface area contributed by atoms with Crippen LogP contribution in [-0.4, -0.2) is 101 Å². The van der Waals surface area contributed by atoms with Crippen molar-refractivity contribution in [1.82, 2.24) is 25.8 Å². The van der Waals surface area contributed by atoms with E-state index >= 15 is 0 Å². The van der Waals surface area contributed by atoms with Crippen LogP contribution in [0.15, 0.2) is 0 Å². The molecule has 0 aliphatic heterocycles. The molecule has 0 aliphatic carbocycles.